The minimum Gasteiger partial charge on any atom is -0.417 e. The van der Waals surface area contributed by atoms with Crippen molar-refractivity contribution < 1.29 is 9.53 Å². The molecule has 76 valence electrons. The molecular formula is C10H9N3O2. The Morgan fingerprint density at radius 3 is 2.67 bits per heavy atom. The van der Waals surface area contributed by atoms with E-state index in [1.807, 2.05) is 0 Å². The van der Waals surface area contributed by atoms with E-state index in [2.05, 4.69) is 17.3 Å². The quantitative estimate of drug-likeness (QED) is 0.150. The summed E-state index contributed by atoms with van der Waals surface area (Å²) in [6, 6.07) is 10.7. The summed E-state index contributed by atoms with van der Waals surface area (Å²) in [6.07, 6.45) is 0. The van der Waals surface area contributed by atoms with Crippen molar-refractivity contribution in [1.29, 1.82) is 5.41 Å². The van der Waals surface area contributed by atoms with Crippen molar-refractivity contribution in [3.8, 4) is 17.7 Å². The first-order valence-electron chi connectivity index (χ1n) is 4.06. The second-order valence-corrected chi connectivity index (χ2v) is 2.49. The lowest BCUT2D eigenvalue weighted by atomic mass is 10.3. The zero-order valence-electron chi connectivity index (χ0n) is 7.78. The van der Waals surface area contributed by atoms with E-state index in [0.717, 1.165) is 0 Å². The Morgan fingerprint density at radius 2 is 2.07 bits per heavy atom. The van der Waals surface area contributed by atoms with Gasteiger partial charge in [0.25, 0.3) is 0 Å². The molecule has 15 heavy (non-hydrogen) atoms. The van der Waals surface area contributed by atoms with E-state index in [9.17, 15) is 4.79 Å². The standard InChI is InChI=1S/C10H9N3O2/c11-10(12)13-7-6-9(14)15-8-4-2-1-3-5-8/h1-5H,(H4,11,12,13). The Hall–Kier alpha value is -2.48. The smallest absolute Gasteiger partial charge is 0.391 e. The number of benzene rings is 1. The molecule has 0 aliphatic carbocycles. The number of hydrogen-bond acceptors (Lipinski definition) is 3. The highest BCUT2D eigenvalue weighted by molar-refractivity contribution is 5.90. The van der Waals surface area contributed by atoms with E-state index in [-0.39, 0.29) is 5.96 Å². The molecule has 0 heterocycles. The van der Waals surface area contributed by atoms with Crippen LogP contribution in [0.2, 0.25) is 0 Å². The molecule has 4 N–H and O–H groups in total. The van der Waals surface area contributed by atoms with Gasteiger partial charge < -0.3 is 10.5 Å². The Bertz CT molecular complexity index is 417. The van der Waals surface area contributed by atoms with Crippen LogP contribution in [0.5, 0.6) is 5.75 Å². The summed E-state index contributed by atoms with van der Waals surface area (Å²) in [6.45, 7) is 0. The number of rotatable bonds is 1. The third-order valence-electron chi connectivity index (χ3n) is 1.32. The highest BCUT2D eigenvalue weighted by Crippen LogP contribution is 2.07. The summed E-state index contributed by atoms with van der Waals surface area (Å²) >= 11 is 0. The number of esters is 1. The number of nitrogens with one attached hydrogen (secondary N) is 2. The van der Waals surface area contributed by atoms with Gasteiger partial charge >= 0.3 is 5.97 Å². The first-order valence-corrected chi connectivity index (χ1v) is 4.06. The zero-order chi connectivity index (χ0) is 11.1. The van der Waals surface area contributed by atoms with Gasteiger partial charge in [0.05, 0.1) is 0 Å². The number of nitrogens with two attached hydrogens (primary N) is 1. The van der Waals surface area contributed by atoms with Gasteiger partial charge in [0.2, 0.25) is 0 Å². The first kappa shape index (κ1) is 10.6. The largest absolute Gasteiger partial charge is 0.417 e. The van der Waals surface area contributed by atoms with Crippen LogP contribution in [-0.2, 0) is 4.79 Å². The lowest BCUT2D eigenvalue weighted by molar-refractivity contribution is -0.128. The first-order chi connectivity index (χ1) is 7.18. The molecule has 0 radical (unpaired) electrons. The average molecular weight is 203 g/mol. The number of ether oxygens (including phenoxy) is 1. The molecule has 0 saturated heterocycles. The van der Waals surface area contributed by atoms with E-state index in [1.165, 1.54) is 0 Å². The van der Waals surface area contributed by atoms with Gasteiger partial charge in [-0.3, -0.25) is 10.7 Å². The number of hydrogen-bond donors (Lipinski definition) is 3. The molecule has 0 atom stereocenters. The van der Waals surface area contributed by atoms with Gasteiger partial charge in [0, 0.05) is 12.0 Å². The maximum absolute atomic E-state index is 11.0. The van der Waals surface area contributed by atoms with Crippen LogP contribution in [0.3, 0.4) is 0 Å². The van der Waals surface area contributed by atoms with Crippen LogP contribution in [0, 0.1) is 17.4 Å². The molecule has 0 unspecified atom stereocenters. The Labute approximate surface area is 86.7 Å². The van der Waals surface area contributed by atoms with Gasteiger partial charge in [-0.15, -0.1) is 0 Å². The molecule has 0 bridgehead atoms. The van der Waals surface area contributed by atoms with E-state index in [0.29, 0.717) is 5.75 Å². The lowest BCUT2D eigenvalue weighted by Gasteiger charge is -1.97. The minimum atomic E-state index is -0.713. The molecule has 0 amide bonds. The SMILES string of the molecule is N=C(N)NC#CC(=O)Oc1ccccc1. The lowest BCUT2D eigenvalue weighted by Crippen LogP contribution is -2.26. The van der Waals surface area contributed by atoms with Crippen LogP contribution in [0.1, 0.15) is 0 Å². The predicted octanol–water partition coefficient (Wildman–Crippen LogP) is 0.0360. The van der Waals surface area contributed by atoms with E-state index < -0.39 is 5.97 Å². The number of carbonyl (C=O) groups is 1. The van der Waals surface area contributed by atoms with Gasteiger partial charge in [-0.25, -0.2) is 4.79 Å². The van der Waals surface area contributed by atoms with Gasteiger partial charge in [0.15, 0.2) is 5.96 Å². The molecule has 1 rings (SSSR count). The van der Waals surface area contributed by atoms with Crippen molar-refractivity contribution in [3.05, 3.63) is 30.3 Å². The Balaban J connectivity index is 2.49. The van der Waals surface area contributed by atoms with Crippen LogP contribution >= 0.6 is 0 Å². The number of guanidine groups is 1. The average Bonchev–Trinajstić information content (AvgIpc) is 2.18. The summed E-state index contributed by atoms with van der Waals surface area (Å²) < 4.78 is 4.83. The summed E-state index contributed by atoms with van der Waals surface area (Å²) in [5, 5.41) is 8.93. The molecule has 5 nitrogen and oxygen atoms in total. The number of para-hydroxylation sites is 1. The molecule has 0 aliphatic heterocycles. The summed E-state index contributed by atoms with van der Waals surface area (Å²) in [5.41, 5.74) is 4.95. The van der Waals surface area contributed by atoms with Crippen molar-refractivity contribution >= 4 is 11.9 Å². The van der Waals surface area contributed by atoms with Gasteiger partial charge in [-0.05, 0) is 12.1 Å². The summed E-state index contributed by atoms with van der Waals surface area (Å²) in [5.74, 6) is 1.50. The minimum absolute atomic E-state index is 0.324. The molecular weight excluding hydrogens is 194 g/mol. The fourth-order valence-electron chi connectivity index (χ4n) is 0.771. The third kappa shape index (κ3) is 4.33. The van der Waals surface area contributed by atoms with Crippen molar-refractivity contribution in [1.82, 2.24) is 5.32 Å². The molecule has 0 saturated carbocycles. The molecule has 0 fully saturated rings. The zero-order valence-corrected chi connectivity index (χ0v) is 7.78. The maximum atomic E-state index is 11.0. The van der Waals surface area contributed by atoms with Crippen molar-refractivity contribution in [3.63, 3.8) is 0 Å². The van der Waals surface area contributed by atoms with Gasteiger partial charge in [-0.1, -0.05) is 18.2 Å². The van der Waals surface area contributed by atoms with Crippen molar-refractivity contribution in [2.75, 3.05) is 0 Å². The van der Waals surface area contributed by atoms with Crippen LogP contribution in [-0.4, -0.2) is 11.9 Å². The predicted molar refractivity (Wildman–Crippen MR) is 54.9 cm³/mol. The second-order valence-electron chi connectivity index (χ2n) is 2.49. The highest BCUT2D eigenvalue weighted by atomic mass is 16.5. The van der Waals surface area contributed by atoms with Crippen LogP contribution in [0.15, 0.2) is 30.3 Å². The van der Waals surface area contributed by atoms with Gasteiger partial charge in [0.1, 0.15) is 5.75 Å². The van der Waals surface area contributed by atoms with E-state index in [4.69, 9.17) is 15.9 Å². The molecule has 5 heteroatoms. The topological polar surface area (TPSA) is 88.2 Å². The van der Waals surface area contributed by atoms with Crippen molar-refractivity contribution in [2.24, 2.45) is 5.73 Å². The normalized spacial score (nSPS) is 8.27. The summed E-state index contributed by atoms with van der Waals surface area (Å²) in [7, 11) is 0. The fourth-order valence-corrected chi connectivity index (χ4v) is 0.771. The second kappa shape index (κ2) is 5.29. The van der Waals surface area contributed by atoms with Crippen LogP contribution in [0.25, 0.3) is 0 Å². The monoisotopic (exact) mass is 203 g/mol. The number of carbonyl (C=O) groups excluding carboxylic acids is 1. The van der Waals surface area contributed by atoms with Crippen molar-refractivity contribution in [2.45, 2.75) is 0 Å². The van der Waals surface area contributed by atoms with E-state index >= 15 is 0 Å². The van der Waals surface area contributed by atoms with E-state index in [1.54, 1.807) is 30.3 Å². The van der Waals surface area contributed by atoms with Crippen LogP contribution < -0.4 is 15.8 Å². The molecule has 1 aromatic rings. The summed E-state index contributed by atoms with van der Waals surface area (Å²) in [4.78, 5) is 11.0. The van der Waals surface area contributed by atoms with Crippen LogP contribution in [0.4, 0.5) is 0 Å². The molecule has 1 aromatic carbocycles. The maximum Gasteiger partial charge on any atom is 0.391 e. The molecule has 0 aliphatic rings. The molecule has 0 aromatic heterocycles. The fraction of sp³-hybridized carbons (Fsp3) is 0. The Kier molecular flexibility index (Phi) is 3.74. The highest BCUT2D eigenvalue weighted by Gasteiger charge is 1.98. The third-order valence-corrected chi connectivity index (χ3v) is 1.32. The Morgan fingerprint density at radius 1 is 1.40 bits per heavy atom. The molecule has 0 spiro atoms. The van der Waals surface area contributed by atoms with Gasteiger partial charge in [-0.2, -0.15) is 0 Å².